The summed E-state index contributed by atoms with van der Waals surface area (Å²) in [6.45, 7) is 0.438. The van der Waals surface area contributed by atoms with Crippen LogP contribution in [0.1, 0.15) is 5.56 Å². The average Bonchev–Trinajstić information content (AvgIpc) is 2.86. The van der Waals surface area contributed by atoms with E-state index in [0.29, 0.717) is 12.1 Å². The van der Waals surface area contributed by atoms with Crippen LogP contribution in [-0.4, -0.2) is 20.7 Å². The molecule has 1 aromatic heterocycles. The summed E-state index contributed by atoms with van der Waals surface area (Å²) in [5.74, 6) is 0. The molecule has 0 saturated carbocycles. The van der Waals surface area contributed by atoms with Gasteiger partial charge in [-0.1, -0.05) is 42.1 Å². The molecule has 0 atom stereocenters. The van der Waals surface area contributed by atoms with Crippen LogP contribution in [0.15, 0.2) is 53.7 Å². The average molecular weight is 299 g/mol. The summed E-state index contributed by atoms with van der Waals surface area (Å²) < 4.78 is 2.02. The van der Waals surface area contributed by atoms with Crippen LogP contribution < -0.4 is 0 Å². The molecule has 0 aliphatic carbocycles. The van der Waals surface area contributed by atoms with Crippen LogP contribution in [0, 0.1) is 10.1 Å². The van der Waals surface area contributed by atoms with Gasteiger partial charge in [0.1, 0.15) is 0 Å². The molecule has 0 unspecified atom stereocenters. The van der Waals surface area contributed by atoms with Crippen LogP contribution >= 0.6 is 11.8 Å². The van der Waals surface area contributed by atoms with E-state index in [0.717, 1.165) is 16.2 Å². The van der Waals surface area contributed by atoms with Crippen molar-refractivity contribution in [2.75, 3.05) is 6.26 Å². The Hall–Kier alpha value is -2.34. The van der Waals surface area contributed by atoms with Crippen molar-refractivity contribution in [2.45, 2.75) is 11.7 Å². The first-order valence-electron chi connectivity index (χ1n) is 6.42. The van der Waals surface area contributed by atoms with Gasteiger partial charge in [0.15, 0.2) is 5.16 Å². The molecule has 0 spiro atoms. The summed E-state index contributed by atoms with van der Waals surface area (Å²) >= 11 is 1.54. The van der Waals surface area contributed by atoms with E-state index >= 15 is 0 Å². The molecular formula is C15H13N3O2S. The van der Waals surface area contributed by atoms with Gasteiger partial charge < -0.3 is 4.57 Å². The van der Waals surface area contributed by atoms with E-state index in [-0.39, 0.29) is 10.6 Å². The van der Waals surface area contributed by atoms with E-state index in [9.17, 15) is 10.1 Å². The standard InChI is InChI=1S/C15H13N3O2S/c1-21-15-16-12-7-3-5-9-14(12)17(15)10-11-6-2-4-8-13(11)18(19)20/h2-9H,10H2,1H3. The highest BCUT2D eigenvalue weighted by atomic mass is 32.2. The predicted molar refractivity (Wildman–Crippen MR) is 83.7 cm³/mol. The summed E-state index contributed by atoms with van der Waals surface area (Å²) in [4.78, 5) is 15.4. The Morgan fingerprint density at radius 1 is 1.19 bits per heavy atom. The molecule has 3 aromatic rings. The second kappa shape index (κ2) is 5.57. The van der Waals surface area contributed by atoms with Crippen LogP contribution in [0.4, 0.5) is 5.69 Å². The third-order valence-electron chi connectivity index (χ3n) is 3.32. The highest BCUT2D eigenvalue weighted by Gasteiger charge is 2.16. The molecule has 21 heavy (non-hydrogen) atoms. The van der Waals surface area contributed by atoms with Crippen LogP contribution in [0.25, 0.3) is 11.0 Å². The molecule has 1 heterocycles. The maximum absolute atomic E-state index is 11.1. The first-order valence-corrected chi connectivity index (χ1v) is 7.64. The number of imidazole rings is 1. The minimum Gasteiger partial charge on any atom is -0.314 e. The van der Waals surface area contributed by atoms with Crippen molar-refractivity contribution in [3.05, 3.63) is 64.2 Å². The summed E-state index contributed by atoms with van der Waals surface area (Å²) in [7, 11) is 0. The summed E-state index contributed by atoms with van der Waals surface area (Å²) in [6.07, 6.45) is 1.96. The fraction of sp³-hybridized carbons (Fsp3) is 0.133. The van der Waals surface area contributed by atoms with E-state index in [2.05, 4.69) is 4.98 Å². The summed E-state index contributed by atoms with van der Waals surface area (Å²) in [5, 5.41) is 12.0. The molecule has 0 saturated heterocycles. The van der Waals surface area contributed by atoms with Gasteiger partial charge >= 0.3 is 0 Å². The molecule has 0 aliphatic heterocycles. The zero-order valence-electron chi connectivity index (χ0n) is 11.4. The van der Waals surface area contributed by atoms with Crippen molar-refractivity contribution in [1.29, 1.82) is 0 Å². The van der Waals surface area contributed by atoms with Gasteiger partial charge in [0, 0.05) is 11.6 Å². The zero-order valence-corrected chi connectivity index (χ0v) is 12.2. The van der Waals surface area contributed by atoms with E-state index in [1.54, 1.807) is 12.1 Å². The van der Waals surface area contributed by atoms with Crippen molar-refractivity contribution in [2.24, 2.45) is 0 Å². The number of benzene rings is 2. The van der Waals surface area contributed by atoms with E-state index < -0.39 is 0 Å². The van der Waals surface area contributed by atoms with Gasteiger partial charge in [0.05, 0.1) is 22.5 Å². The molecule has 106 valence electrons. The van der Waals surface area contributed by atoms with Crippen LogP contribution in [0.5, 0.6) is 0 Å². The number of fused-ring (bicyclic) bond motifs is 1. The fourth-order valence-corrected chi connectivity index (χ4v) is 2.93. The van der Waals surface area contributed by atoms with E-state index in [1.165, 1.54) is 17.8 Å². The Morgan fingerprint density at radius 2 is 1.90 bits per heavy atom. The third kappa shape index (κ3) is 2.50. The molecule has 5 nitrogen and oxygen atoms in total. The SMILES string of the molecule is CSc1nc2ccccc2n1Cc1ccccc1[N+](=O)[O-]. The number of nitrogens with zero attached hydrogens (tertiary/aromatic N) is 3. The number of aromatic nitrogens is 2. The lowest BCUT2D eigenvalue weighted by molar-refractivity contribution is -0.385. The van der Waals surface area contributed by atoms with Crippen molar-refractivity contribution in [3.63, 3.8) is 0 Å². The normalized spacial score (nSPS) is 10.9. The summed E-state index contributed by atoms with van der Waals surface area (Å²) in [5.41, 5.74) is 2.71. The molecule has 2 aromatic carbocycles. The Morgan fingerprint density at radius 3 is 2.67 bits per heavy atom. The zero-order chi connectivity index (χ0) is 14.8. The Kier molecular flexibility index (Phi) is 3.62. The van der Waals surface area contributed by atoms with Crippen molar-refractivity contribution in [1.82, 2.24) is 9.55 Å². The molecule has 0 N–H and O–H groups in total. The smallest absolute Gasteiger partial charge is 0.274 e. The Balaban J connectivity index is 2.12. The van der Waals surface area contributed by atoms with Crippen molar-refractivity contribution in [3.8, 4) is 0 Å². The largest absolute Gasteiger partial charge is 0.314 e. The van der Waals surface area contributed by atoms with E-state index in [1.807, 2.05) is 41.2 Å². The van der Waals surface area contributed by atoms with Gasteiger partial charge in [-0.05, 0) is 18.4 Å². The lowest BCUT2D eigenvalue weighted by Gasteiger charge is -2.08. The molecule has 0 amide bonds. The Labute approximate surface area is 125 Å². The minimum absolute atomic E-state index is 0.141. The number of nitro benzene ring substituents is 1. The number of hydrogen-bond acceptors (Lipinski definition) is 4. The van der Waals surface area contributed by atoms with Gasteiger partial charge in [-0.2, -0.15) is 0 Å². The predicted octanol–water partition coefficient (Wildman–Crippen LogP) is 3.71. The lowest BCUT2D eigenvalue weighted by atomic mass is 10.2. The first-order chi connectivity index (χ1) is 10.2. The number of rotatable bonds is 4. The van der Waals surface area contributed by atoms with Crippen molar-refractivity contribution >= 4 is 28.5 Å². The maximum Gasteiger partial charge on any atom is 0.274 e. The third-order valence-corrected chi connectivity index (χ3v) is 4.00. The number of nitro groups is 1. The van der Waals surface area contributed by atoms with Gasteiger partial charge in [0.2, 0.25) is 0 Å². The van der Waals surface area contributed by atoms with Crippen LogP contribution in [0.2, 0.25) is 0 Å². The molecule has 0 bridgehead atoms. The summed E-state index contributed by atoms with van der Waals surface area (Å²) in [6, 6.07) is 14.6. The van der Waals surface area contributed by atoms with Gasteiger partial charge in [-0.15, -0.1) is 0 Å². The second-order valence-electron chi connectivity index (χ2n) is 4.56. The molecule has 0 aliphatic rings. The van der Waals surface area contributed by atoms with Crippen LogP contribution in [0.3, 0.4) is 0 Å². The number of para-hydroxylation sites is 3. The molecule has 0 fully saturated rings. The van der Waals surface area contributed by atoms with Crippen LogP contribution in [-0.2, 0) is 6.54 Å². The highest BCUT2D eigenvalue weighted by Crippen LogP contribution is 2.26. The second-order valence-corrected chi connectivity index (χ2v) is 5.33. The topological polar surface area (TPSA) is 61.0 Å². The lowest BCUT2D eigenvalue weighted by Crippen LogP contribution is -2.04. The monoisotopic (exact) mass is 299 g/mol. The molecule has 0 radical (unpaired) electrons. The van der Waals surface area contributed by atoms with Gasteiger partial charge in [-0.3, -0.25) is 10.1 Å². The van der Waals surface area contributed by atoms with Gasteiger partial charge in [-0.25, -0.2) is 4.98 Å². The maximum atomic E-state index is 11.1. The fourth-order valence-electron chi connectivity index (χ4n) is 2.36. The number of thioether (sulfide) groups is 1. The highest BCUT2D eigenvalue weighted by molar-refractivity contribution is 7.98. The van der Waals surface area contributed by atoms with Gasteiger partial charge in [0.25, 0.3) is 5.69 Å². The first kappa shape index (κ1) is 13.6. The molecular weight excluding hydrogens is 286 g/mol. The molecule has 6 heteroatoms. The number of hydrogen-bond donors (Lipinski definition) is 0. The minimum atomic E-state index is -0.340. The van der Waals surface area contributed by atoms with E-state index in [4.69, 9.17) is 0 Å². The quantitative estimate of drug-likeness (QED) is 0.418. The Bertz CT molecular complexity index is 814. The van der Waals surface area contributed by atoms with Crippen molar-refractivity contribution < 1.29 is 4.92 Å². The molecule has 3 rings (SSSR count).